The van der Waals surface area contributed by atoms with Gasteiger partial charge in [0.2, 0.25) is 0 Å². The van der Waals surface area contributed by atoms with Crippen LogP contribution in [0.1, 0.15) is 11.3 Å². The Morgan fingerprint density at radius 3 is 3.03 bits per heavy atom. The van der Waals surface area contributed by atoms with E-state index >= 15 is 0 Å². The van der Waals surface area contributed by atoms with Gasteiger partial charge in [-0.25, -0.2) is 14.4 Å². The van der Waals surface area contributed by atoms with Crippen LogP contribution in [0.25, 0.3) is 26.0 Å². The molecule has 152 valence electrons. The first-order valence-corrected chi connectivity index (χ1v) is 11.5. The SMILES string of the molecule is CN1CC=C(c2cc3c(Nc4cc5ncsc5cc4F)ccnc3s2)C12CCOC2. The molecule has 6 rings (SSSR count). The molecule has 1 spiro atoms. The molecule has 1 atom stereocenters. The van der Waals surface area contributed by atoms with E-state index in [9.17, 15) is 4.39 Å². The fourth-order valence-electron chi connectivity index (χ4n) is 4.50. The lowest BCUT2D eigenvalue weighted by atomic mass is 9.89. The first kappa shape index (κ1) is 18.4. The van der Waals surface area contributed by atoms with Gasteiger partial charge in [0.05, 0.1) is 39.2 Å². The quantitative estimate of drug-likeness (QED) is 0.472. The fourth-order valence-corrected chi connectivity index (χ4v) is 6.34. The molecule has 1 fully saturated rings. The summed E-state index contributed by atoms with van der Waals surface area (Å²) in [6.07, 6.45) is 5.08. The van der Waals surface area contributed by atoms with Gasteiger partial charge >= 0.3 is 0 Å². The number of likely N-dealkylation sites (N-methyl/N-ethyl adjacent to an activating group) is 1. The number of thiophene rings is 1. The van der Waals surface area contributed by atoms with Crippen molar-refractivity contribution in [1.82, 2.24) is 14.9 Å². The van der Waals surface area contributed by atoms with Crippen molar-refractivity contribution in [2.75, 3.05) is 32.1 Å². The number of pyridine rings is 1. The maximum atomic E-state index is 14.7. The minimum absolute atomic E-state index is 0.0454. The van der Waals surface area contributed by atoms with Crippen molar-refractivity contribution < 1.29 is 9.13 Å². The minimum Gasteiger partial charge on any atom is -0.379 e. The van der Waals surface area contributed by atoms with Gasteiger partial charge in [0, 0.05) is 29.6 Å². The molecule has 1 unspecified atom stereocenters. The van der Waals surface area contributed by atoms with Gasteiger partial charge in [-0.15, -0.1) is 22.7 Å². The first-order chi connectivity index (χ1) is 14.6. The third kappa shape index (κ3) is 2.71. The lowest BCUT2D eigenvalue weighted by Crippen LogP contribution is -2.43. The molecule has 4 aromatic rings. The monoisotopic (exact) mass is 438 g/mol. The number of ether oxygens (including phenoxy) is 1. The smallest absolute Gasteiger partial charge is 0.148 e. The molecule has 0 radical (unpaired) electrons. The van der Waals surface area contributed by atoms with Crippen molar-refractivity contribution in [3.8, 4) is 0 Å². The van der Waals surface area contributed by atoms with Gasteiger partial charge in [-0.05, 0) is 43.3 Å². The summed E-state index contributed by atoms with van der Waals surface area (Å²) in [5.74, 6) is -0.283. The van der Waals surface area contributed by atoms with Gasteiger partial charge in [-0.1, -0.05) is 6.08 Å². The standard InChI is InChI=1S/C22H19FN4OS2/c1-27-6-3-14(22(27)4-7-28-11-22)19-8-13-16(2-5-24-21(13)30-19)26-17-10-18-20(9-15(17)23)29-12-25-18/h2-3,5,8-10,12H,4,6-7,11H2,1H3,(H,24,26). The summed E-state index contributed by atoms with van der Waals surface area (Å²) in [6.45, 7) is 2.43. The summed E-state index contributed by atoms with van der Waals surface area (Å²) in [7, 11) is 2.16. The number of anilines is 2. The molecule has 1 saturated heterocycles. The fraction of sp³-hybridized carbons (Fsp3) is 0.273. The number of halogens is 1. The van der Waals surface area contributed by atoms with Crippen molar-refractivity contribution in [2.24, 2.45) is 0 Å². The highest BCUT2D eigenvalue weighted by Gasteiger charge is 2.45. The third-order valence-corrected chi connectivity index (χ3v) is 8.06. The maximum absolute atomic E-state index is 14.7. The van der Waals surface area contributed by atoms with Crippen LogP contribution < -0.4 is 5.32 Å². The van der Waals surface area contributed by atoms with E-state index in [0.29, 0.717) is 5.69 Å². The average molecular weight is 439 g/mol. The zero-order chi connectivity index (χ0) is 20.3. The first-order valence-electron chi connectivity index (χ1n) is 9.82. The average Bonchev–Trinajstić information content (AvgIpc) is 3.51. The van der Waals surface area contributed by atoms with E-state index in [0.717, 1.165) is 52.3 Å². The summed E-state index contributed by atoms with van der Waals surface area (Å²) in [4.78, 5) is 13.4. The number of nitrogens with zero attached hydrogens (tertiary/aromatic N) is 3. The molecule has 0 aliphatic carbocycles. The Morgan fingerprint density at radius 1 is 1.23 bits per heavy atom. The topological polar surface area (TPSA) is 50.3 Å². The summed E-state index contributed by atoms with van der Waals surface area (Å²) in [5, 5.41) is 4.27. The number of rotatable bonds is 3. The number of hydrogen-bond acceptors (Lipinski definition) is 7. The van der Waals surface area contributed by atoms with Gasteiger partial charge < -0.3 is 10.1 Å². The Morgan fingerprint density at radius 2 is 2.17 bits per heavy atom. The Labute approximate surface area is 180 Å². The molecule has 0 bridgehead atoms. The lowest BCUT2D eigenvalue weighted by molar-refractivity contribution is 0.142. The molecule has 2 aliphatic rings. The van der Waals surface area contributed by atoms with E-state index in [1.807, 2.05) is 6.07 Å². The van der Waals surface area contributed by atoms with Gasteiger partial charge in [-0.2, -0.15) is 0 Å². The predicted molar refractivity (Wildman–Crippen MR) is 121 cm³/mol. The van der Waals surface area contributed by atoms with Crippen LogP contribution in [0, 0.1) is 5.82 Å². The van der Waals surface area contributed by atoms with Crippen LogP contribution in [-0.2, 0) is 4.74 Å². The second-order valence-electron chi connectivity index (χ2n) is 7.80. The van der Waals surface area contributed by atoms with E-state index in [1.165, 1.54) is 27.9 Å². The molecule has 3 aromatic heterocycles. The summed E-state index contributed by atoms with van der Waals surface area (Å²) < 4.78 is 21.3. The largest absolute Gasteiger partial charge is 0.379 e. The minimum atomic E-state index is -0.283. The number of nitrogens with one attached hydrogen (secondary N) is 1. The van der Waals surface area contributed by atoms with E-state index < -0.39 is 0 Å². The zero-order valence-corrected chi connectivity index (χ0v) is 17.9. The van der Waals surface area contributed by atoms with Crippen molar-refractivity contribution in [1.29, 1.82) is 0 Å². The van der Waals surface area contributed by atoms with Crippen LogP contribution in [0.5, 0.6) is 0 Å². The van der Waals surface area contributed by atoms with Gasteiger partial charge in [0.25, 0.3) is 0 Å². The number of hydrogen-bond donors (Lipinski definition) is 1. The Hall–Kier alpha value is -2.39. The third-order valence-electron chi connectivity index (χ3n) is 6.19. The Kier molecular flexibility index (Phi) is 4.18. The molecule has 1 aromatic carbocycles. The van der Waals surface area contributed by atoms with E-state index in [-0.39, 0.29) is 11.4 Å². The van der Waals surface area contributed by atoms with E-state index in [4.69, 9.17) is 4.74 Å². The zero-order valence-electron chi connectivity index (χ0n) is 16.3. The highest BCUT2D eigenvalue weighted by Crippen LogP contribution is 2.46. The highest BCUT2D eigenvalue weighted by atomic mass is 32.1. The molecule has 5 nitrogen and oxygen atoms in total. The van der Waals surface area contributed by atoms with Crippen molar-refractivity contribution in [3.05, 3.63) is 52.7 Å². The van der Waals surface area contributed by atoms with Crippen LogP contribution in [0.3, 0.4) is 0 Å². The molecule has 30 heavy (non-hydrogen) atoms. The molecular weight excluding hydrogens is 419 g/mol. The van der Waals surface area contributed by atoms with Crippen LogP contribution >= 0.6 is 22.7 Å². The number of fused-ring (bicyclic) bond motifs is 2. The lowest BCUT2D eigenvalue weighted by Gasteiger charge is -2.33. The van der Waals surface area contributed by atoms with E-state index in [2.05, 4.69) is 39.4 Å². The van der Waals surface area contributed by atoms with Crippen molar-refractivity contribution >= 4 is 60.1 Å². The molecule has 0 amide bonds. The predicted octanol–water partition coefficient (Wildman–Crippen LogP) is 5.28. The number of aromatic nitrogens is 2. The van der Waals surface area contributed by atoms with Crippen molar-refractivity contribution in [2.45, 2.75) is 12.0 Å². The van der Waals surface area contributed by atoms with Gasteiger partial charge in [0.15, 0.2) is 0 Å². The normalized spacial score (nSPS) is 21.9. The second-order valence-corrected chi connectivity index (χ2v) is 9.71. The summed E-state index contributed by atoms with van der Waals surface area (Å²) in [5.41, 5.74) is 5.08. The summed E-state index contributed by atoms with van der Waals surface area (Å²) >= 11 is 3.12. The molecule has 1 N–H and O–H groups in total. The maximum Gasteiger partial charge on any atom is 0.148 e. The van der Waals surface area contributed by atoms with Crippen LogP contribution in [0.2, 0.25) is 0 Å². The second kappa shape index (κ2) is 6.81. The Bertz CT molecular complexity index is 1310. The number of benzene rings is 1. The van der Waals surface area contributed by atoms with Crippen LogP contribution in [0.15, 0.2) is 42.0 Å². The van der Waals surface area contributed by atoms with E-state index in [1.54, 1.807) is 29.1 Å². The van der Waals surface area contributed by atoms with Gasteiger partial charge in [-0.3, -0.25) is 4.90 Å². The number of thiazole rings is 1. The Balaban J connectivity index is 1.41. The molecule has 0 saturated carbocycles. The molecule has 8 heteroatoms. The summed E-state index contributed by atoms with van der Waals surface area (Å²) in [6, 6.07) is 7.38. The van der Waals surface area contributed by atoms with Gasteiger partial charge in [0.1, 0.15) is 10.6 Å². The molecule has 5 heterocycles. The highest BCUT2D eigenvalue weighted by molar-refractivity contribution is 7.19. The molecule has 2 aliphatic heterocycles. The van der Waals surface area contributed by atoms with Crippen molar-refractivity contribution in [3.63, 3.8) is 0 Å². The molecular formula is C22H19FN4OS2. The van der Waals surface area contributed by atoms with Crippen LogP contribution in [0.4, 0.5) is 15.8 Å². The van der Waals surface area contributed by atoms with Crippen LogP contribution in [-0.4, -0.2) is 47.2 Å².